The average molecular weight is 242 g/mol. The zero-order valence-electron chi connectivity index (χ0n) is 10.7. The average Bonchev–Trinajstić information content (AvgIpc) is 2.33. The number of nitrogens with one attached hydrogen (secondary N) is 1. The van der Waals surface area contributed by atoms with Crippen molar-refractivity contribution < 1.29 is 0 Å². The summed E-state index contributed by atoms with van der Waals surface area (Å²) in [6, 6.07) is 1.46. The quantitative estimate of drug-likeness (QED) is 0.817. The highest BCUT2D eigenvalue weighted by molar-refractivity contribution is 7.99. The SMILES string of the molecule is CCC1CN(CC2CCSCC2)C(C)CN1. The second-order valence-electron chi connectivity index (χ2n) is 5.37. The van der Waals surface area contributed by atoms with E-state index in [1.807, 2.05) is 0 Å². The monoisotopic (exact) mass is 242 g/mol. The van der Waals surface area contributed by atoms with Crippen LogP contribution < -0.4 is 5.32 Å². The Morgan fingerprint density at radius 3 is 2.75 bits per heavy atom. The standard InChI is InChI=1S/C13H26N2S/c1-3-13-10-15(11(2)8-14-13)9-12-4-6-16-7-5-12/h11-14H,3-10H2,1-2H3. The third kappa shape index (κ3) is 3.38. The lowest BCUT2D eigenvalue weighted by molar-refractivity contribution is 0.115. The van der Waals surface area contributed by atoms with Gasteiger partial charge in [0, 0.05) is 31.7 Å². The Bertz CT molecular complexity index is 204. The van der Waals surface area contributed by atoms with Crippen LogP contribution in [0.5, 0.6) is 0 Å². The van der Waals surface area contributed by atoms with Gasteiger partial charge in [-0.2, -0.15) is 11.8 Å². The highest BCUT2D eigenvalue weighted by Crippen LogP contribution is 2.24. The van der Waals surface area contributed by atoms with Gasteiger partial charge in [0.2, 0.25) is 0 Å². The lowest BCUT2D eigenvalue weighted by atomic mass is 9.99. The minimum absolute atomic E-state index is 0.731. The molecule has 2 aliphatic rings. The van der Waals surface area contributed by atoms with Crippen molar-refractivity contribution in [3.05, 3.63) is 0 Å². The summed E-state index contributed by atoms with van der Waals surface area (Å²) in [4.78, 5) is 2.73. The Labute approximate surface area is 105 Å². The van der Waals surface area contributed by atoms with Crippen LogP contribution in [0.25, 0.3) is 0 Å². The van der Waals surface area contributed by atoms with E-state index in [4.69, 9.17) is 0 Å². The molecule has 3 heteroatoms. The topological polar surface area (TPSA) is 15.3 Å². The summed E-state index contributed by atoms with van der Waals surface area (Å²) in [7, 11) is 0. The Balaban J connectivity index is 1.81. The van der Waals surface area contributed by atoms with Crippen molar-refractivity contribution in [1.29, 1.82) is 0 Å². The van der Waals surface area contributed by atoms with Crippen LogP contribution >= 0.6 is 11.8 Å². The minimum atomic E-state index is 0.731. The third-order valence-electron chi connectivity index (χ3n) is 4.11. The van der Waals surface area contributed by atoms with Crippen LogP contribution in [-0.4, -0.2) is 48.1 Å². The van der Waals surface area contributed by atoms with Gasteiger partial charge in [-0.15, -0.1) is 0 Å². The molecule has 0 radical (unpaired) electrons. The molecule has 2 nitrogen and oxygen atoms in total. The van der Waals surface area contributed by atoms with Gasteiger partial charge in [-0.25, -0.2) is 0 Å². The molecule has 16 heavy (non-hydrogen) atoms. The summed E-state index contributed by atoms with van der Waals surface area (Å²) in [5, 5.41) is 3.64. The van der Waals surface area contributed by atoms with Gasteiger partial charge < -0.3 is 5.32 Å². The lowest BCUT2D eigenvalue weighted by Crippen LogP contribution is -2.56. The molecule has 94 valence electrons. The maximum absolute atomic E-state index is 3.64. The van der Waals surface area contributed by atoms with Gasteiger partial charge in [-0.3, -0.25) is 4.90 Å². The van der Waals surface area contributed by atoms with Crippen LogP contribution in [0.3, 0.4) is 0 Å². The van der Waals surface area contributed by atoms with Crippen LogP contribution in [0.1, 0.15) is 33.1 Å². The van der Waals surface area contributed by atoms with Gasteiger partial charge in [-0.1, -0.05) is 6.92 Å². The Morgan fingerprint density at radius 2 is 2.06 bits per heavy atom. The van der Waals surface area contributed by atoms with Crippen molar-refractivity contribution in [2.45, 2.75) is 45.2 Å². The van der Waals surface area contributed by atoms with Crippen molar-refractivity contribution in [2.75, 3.05) is 31.1 Å². The molecule has 2 atom stereocenters. The molecule has 2 aliphatic heterocycles. The van der Waals surface area contributed by atoms with Crippen molar-refractivity contribution in [1.82, 2.24) is 10.2 Å². The molecule has 1 N–H and O–H groups in total. The number of piperazine rings is 1. The first-order valence-electron chi connectivity index (χ1n) is 6.84. The van der Waals surface area contributed by atoms with E-state index < -0.39 is 0 Å². The fourth-order valence-corrected chi connectivity index (χ4v) is 3.99. The second kappa shape index (κ2) is 6.27. The van der Waals surface area contributed by atoms with Crippen molar-refractivity contribution in [2.24, 2.45) is 5.92 Å². The first kappa shape index (κ1) is 12.7. The zero-order chi connectivity index (χ0) is 11.4. The van der Waals surface area contributed by atoms with Crippen LogP contribution in [0.4, 0.5) is 0 Å². The summed E-state index contributed by atoms with van der Waals surface area (Å²) in [5.74, 6) is 3.75. The molecular formula is C13H26N2S. The second-order valence-corrected chi connectivity index (χ2v) is 6.60. The van der Waals surface area contributed by atoms with E-state index >= 15 is 0 Å². The third-order valence-corrected chi connectivity index (χ3v) is 5.16. The molecule has 0 aliphatic carbocycles. The number of nitrogens with zero attached hydrogens (tertiary/aromatic N) is 1. The first-order chi connectivity index (χ1) is 7.79. The van der Waals surface area contributed by atoms with E-state index in [2.05, 4.69) is 35.8 Å². The van der Waals surface area contributed by atoms with Gasteiger partial charge >= 0.3 is 0 Å². The lowest BCUT2D eigenvalue weighted by Gasteiger charge is -2.40. The maximum Gasteiger partial charge on any atom is 0.0193 e. The van der Waals surface area contributed by atoms with Gasteiger partial charge in [-0.05, 0) is 43.6 Å². The molecule has 2 fully saturated rings. The summed E-state index contributed by atoms with van der Waals surface area (Å²) >= 11 is 2.14. The van der Waals surface area contributed by atoms with Crippen LogP contribution in [0, 0.1) is 5.92 Å². The minimum Gasteiger partial charge on any atom is -0.311 e. The normalized spacial score (nSPS) is 34.1. The van der Waals surface area contributed by atoms with Crippen molar-refractivity contribution >= 4 is 11.8 Å². The smallest absolute Gasteiger partial charge is 0.0193 e. The van der Waals surface area contributed by atoms with Gasteiger partial charge in [0.1, 0.15) is 0 Å². The molecule has 2 heterocycles. The molecule has 0 aromatic carbocycles. The highest BCUT2D eigenvalue weighted by atomic mass is 32.2. The van der Waals surface area contributed by atoms with E-state index in [0.29, 0.717) is 0 Å². The van der Waals surface area contributed by atoms with E-state index in [9.17, 15) is 0 Å². The fourth-order valence-electron chi connectivity index (χ4n) is 2.78. The van der Waals surface area contributed by atoms with Crippen LogP contribution in [0.15, 0.2) is 0 Å². The van der Waals surface area contributed by atoms with Gasteiger partial charge in [0.15, 0.2) is 0 Å². The van der Waals surface area contributed by atoms with Crippen LogP contribution in [0.2, 0.25) is 0 Å². The predicted molar refractivity (Wildman–Crippen MR) is 73.2 cm³/mol. The van der Waals surface area contributed by atoms with Crippen LogP contribution in [-0.2, 0) is 0 Å². The first-order valence-corrected chi connectivity index (χ1v) is 8.00. The van der Waals surface area contributed by atoms with Gasteiger partial charge in [0.25, 0.3) is 0 Å². The summed E-state index contributed by atoms with van der Waals surface area (Å²) in [5.41, 5.74) is 0. The Hall–Kier alpha value is 0.270. The van der Waals surface area contributed by atoms with Crippen molar-refractivity contribution in [3.8, 4) is 0 Å². The molecule has 0 aromatic rings. The molecule has 2 unspecified atom stereocenters. The molecule has 0 bridgehead atoms. The number of hydrogen-bond acceptors (Lipinski definition) is 3. The number of hydrogen-bond donors (Lipinski definition) is 1. The maximum atomic E-state index is 3.64. The largest absolute Gasteiger partial charge is 0.311 e. The van der Waals surface area contributed by atoms with Crippen molar-refractivity contribution in [3.63, 3.8) is 0 Å². The fraction of sp³-hybridized carbons (Fsp3) is 1.00. The molecular weight excluding hydrogens is 216 g/mol. The summed E-state index contributed by atoms with van der Waals surface area (Å²) < 4.78 is 0. The summed E-state index contributed by atoms with van der Waals surface area (Å²) in [6.07, 6.45) is 4.15. The van der Waals surface area contributed by atoms with E-state index in [1.54, 1.807) is 0 Å². The zero-order valence-corrected chi connectivity index (χ0v) is 11.6. The molecule has 0 amide bonds. The number of thioether (sulfide) groups is 1. The van der Waals surface area contributed by atoms with E-state index in [-0.39, 0.29) is 0 Å². The number of rotatable bonds is 3. The Kier molecular flexibility index (Phi) is 4.98. The molecule has 0 spiro atoms. The molecule has 0 saturated carbocycles. The van der Waals surface area contributed by atoms with Gasteiger partial charge in [0.05, 0.1) is 0 Å². The molecule has 0 aromatic heterocycles. The van der Waals surface area contributed by atoms with E-state index in [0.717, 1.165) is 18.0 Å². The van der Waals surface area contributed by atoms with E-state index in [1.165, 1.54) is 50.4 Å². The Morgan fingerprint density at radius 1 is 1.31 bits per heavy atom. The summed E-state index contributed by atoms with van der Waals surface area (Å²) in [6.45, 7) is 8.46. The molecule has 2 rings (SSSR count). The highest BCUT2D eigenvalue weighted by Gasteiger charge is 2.26. The molecule has 2 saturated heterocycles. The predicted octanol–water partition coefficient (Wildman–Crippen LogP) is 2.20.